The highest BCUT2D eigenvalue weighted by Gasteiger charge is 2.32. The van der Waals surface area contributed by atoms with Crippen LogP contribution in [0.4, 0.5) is 0 Å². The molecule has 0 aliphatic heterocycles. The van der Waals surface area contributed by atoms with E-state index in [9.17, 15) is 14.7 Å². The summed E-state index contributed by atoms with van der Waals surface area (Å²) >= 11 is 3.11. The van der Waals surface area contributed by atoms with Crippen LogP contribution in [0.2, 0.25) is 0 Å². The Kier molecular flexibility index (Phi) is 7.89. The van der Waals surface area contributed by atoms with Crippen molar-refractivity contribution in [2.45, 2.75) is 74.7 Å². The number of allylic oxidation sites excluding steroid dienone is 1. The van der Waals surface area contributed by atoms with Gasteiger partial charge in [-0.25, -0.2) is 4.98 Å². The summed E-state index contributed by atoms with van der Waals surface area (Å²) in [4.78, 5) is 27.3. The Balaban J connectivity index is 1.43. The van der Waals surface area contributed by atoms with Crippen LogP contribution in [0.25, 0.3) is 0 Å². The predicted molar refractivity (Wildman–Crippen MR) is 115 cm³/mol. The first kappa shape index (κ1) is 21.7. The van der Waals surface area contributed by atoms with Gasteiger partial charge in [0.15, 0.2) is 10.6 Å². The van der Waals surface area contributed by atoms with Crippen LogP contribution in [-0.2, 0) is 4.79 Å². The summed E-state index contributed by atoms with van der Waals surface area (Å²) in [6.07, 6.45) is 14.1. The lowest BCUT2D eigenvalue weighted by Crippen LogP contribution is -2.25. The van der Waals surface area contributed by atoms with E-state index in [-0.39, 0.29) is 11.8 Å². The van der Waals surface area contributed by atoms with Crippen LogP contribution in [0.1, 0.15) is 75.2 Å². The van der Waals surface area contributed by atoms with Crippen LogP contribution in [-0.4, -0.2) is 33.5 Å². The van der Waals surface area contributed by atoms with Crippen LogP contribution in [0.15, 0.2) is 21.9 Å². The minimum atomic E-state index is -0.638. The zero-order valence-electron chi connectivity index (χ0n) is 16.6. The van der Waals surface area contributed by atoms with Gasteiger partial charge in [0.2, 0.25) is 0 Å². The van der Waals surface area contributed by atoms with Crippen molar-refractivity contribution in [2.24, 2.45) is 17.8 Å². The van der Waals surface area contributed by atoms with Crippen LogP contribution in [0, 0.1) is 17.8 Å². The second-order valence-corrected chi connectivity index (χ2v) is 10.7. The third kappa shape index (κ3) is 6.26. The third-order valence-corrected chi connectivity index (χ3v) is 8.26. The van der Waals surface area contributed by atoms with Gasteiger partial charge in [-0.2, -0.15) is 0 Å². The molecule has 1 aromatic rings. The Hall–Kier alpha value is -0.980. The maximum absolute atomic E-state index is 12.3. The minimum absolute atomic E-state index is 0.0779. The summed E-state index contributed by atoms with van der Waals surface area (Å²) in [6, 6.07) is 0. The molecule has 1 heterocycles. The number of rotatable bonds is 11. The first-order valence-corrected chi connectivity index (χ1v) is 12.3. The van der Waals surface area contributed by atoms with Gasteiger partial charge in [0.05, 0.1) is 5.60 Å². The maximum Gasteiger partial charge on any atom is 0.169 e. The average molecular weight is 422 g/mol. The molecule has 0 spiro atoms. The lowest BCUT2D eigenvalue weighted by molar-refractivity contribution is -0.121. The predicted octanol–water partition coefficient (Wildman–Crippen LogP) is 5.31. The van der Waals surface area contributed by atoms with Gasteiger partial charge >= 0.3 is 0 Å². The van der Waals surface area contributed by atoms with E-state index in [0.29, 0.717) is 24.3 Å². The number of aromatic nitrogens is 1. The van der Waals surface area contributed by atoms with E-state index in [1.165, 1.54) is 30.6 Å². The molecule has 4 nitrogen and oxygen atoms in total. The zero-order chi connectivity index (χ0) is 20.0. The molecule has 1 aromatic heterocycles. The summed E-state index contributed by atoms with van der Waals surface area (Å²) in [7, 11) is 0. The Morgan fingerprint density at radius 1 is 1.36 bits per heavy atom. The van der Waals surface area contributed by atoms with E-state index < -0.39 is 5.60 Å². The largest absolute Gasteiger partial charge is 0.390 e. The number of thiazole rings is 1. The van der Waals surface area contributed by atoms with Gasteiger partial charge in [0.1, 0.15) is 11.5 Å². The van der Waals surface area contributed by atoms with Crippen LogP contribution < -0.4 is 0 Å². The van der Waals surface area contributed by atoms with Gasteiger partial charge in [0, 0.05) is 23.5 Å². The molecule has 6 heteroatoms. The van der Waals surface area contributed by atoms with Crippen LogP contribution in [0.5, 0.6) is 0 Å². The van der Waals surface area contributed by atoms with E-state index in [1.807, 2.05) is 6.92 Å². The van der Waals surface area contributed by atoms with Gasteiger partial charge in [0.25, 0.3) is 0 Å². The lowest BCUT2D eigenvalue weighted by atomic mass is 9.79. The molecule has 3 atom stereocenters. The number of thioether (sulfide) groups is 1. The van der Waals surface area contributed by atoms with E-state index in [0.717, 1.165) is 48.0 Å². The molecule has 0 bridgehead atoms. The Bertz CT molecular complexity index is 694. The summed E-state index contributed by atoms with van der Waals surface area (Å²) in [5, 5.41) is 12.4. The molecule has 0 amide bonds. The van der Waals surface area contributed by atoms with Crippen molar-refractivity contribution in [1.29, 1.82) is 0 Å². The van der Waals surface area contributed by atoms with E-state index in [2.05, 4.69) is 17.1 Å². The molecule has 0 radical (unpaired) electrons. The fourth-order valence-electron chi connectivity index (χ4n) is 4.10. The third-order valence-electron chi connectivity index (χ3n) is 6.19. The van der Waals surface area contributed by atoms with Gasteiger partial charge in [-0.1, -0.05) is 43.2 Å². The number of carbonyl (C=O) groups excluding carboxylic acids is 2. The SMILES string of the molecule is C[C@@](O)(C/C=C/[C@H]1CCC(=O)[C@@H]1CCSc1nc(C=O)cs1)CCC1CCC1. The average Bonchev–Trinajstić information content (AvgIpc) is 3.21. The molecule has 0 aromatic carbocycles. The Labute approximate surface area is 176 Å². The van der Waals surface area contributed by atoms with Gasteiger partial charge in [-0.05, 0) is 50.9 Å². The second-order valence-electron chi connectivity index (χ2n) is 8.53. The van der Waals surface area contributed by atoms with Crippen molar-refractivity contribution in [3.05, 3.63) is 23.2 Å². The normalized spacial score (nSPS) is 25.1. The van der Waals surface area contributed by atoms with Gasteiger partial charge in [-0.15, -0.1) is 11.3 Å². The summed E-state index contributed by atoms with van der Waals surface area (Å²) in [5.41, 5.74) is -0.157. The highest BCUT2D eigenvalue weighted by molar-refractivity contribution is 8.01. The number of nitrogens with zero attached hydrogens (tertiary/aromatic N) is 1. The topological polar surface area (TPSA) is 67.3 Å². The fourth-order valence-corrected chi connectivity index (χ4v) is 5.97. The molecule has 0 saturated heterocycles. The van der Waals surface area contributed by atoms with E-state index >= 15 is 0 Å². The van der Waals surface area contributed by atoms with Crippen LogP contribution in [0.3, 0.4) is 0 Å². The second kappa shape index (κ2) is 10.2. The summed E-state index contributed by atoms with van der Waals surface area (Å²) in [6.45, 7) is 1.94. The van der Waals surface area contributed by atoms with Crippen molar-refractivity contribution < 1.29 is 14.7 Å². The molecule has 154 valence electrons. The van der Waals surface area contributed by atoms with Crippen molar-refractivity contribution >= 4 is 35.2 Å². The first-order valence-electron chi connectivity index (χ1n) is 10.4. The van der Waals surface area contributed by atoms with Gasteiger partial charge in [-0.3, -0.25) is 9.59 Å². The quantitative estimate of drug-likeness (QED) is 0.298. The van der Waals surface area contributed by atoms with Crippen molar-refractivity contribution in [2.75, 3.05) is 5.75 Å². The zero-order valence-corrected chi connectivity index (χ0v) is 18.3. The first-order chi connectivity index (χ1) is 13.5. The minimum Gasteiger partial charge on any atom is -0.390 e. The number of hydrogen-bond donors (Lipinski definition) is 1. The molecule has 3 rings (SSSR count). The molecular formula is C22H31NO3S2. The van der Waals surface area contributed by atoms with Crippen molar-refractivity contribution in [1.82, 2.24) is 4.98 Å². The van der Waals surface area contributed by atoms with E-state index in [4.69, 9.17) is 0 Å². The molecule has 2 saturated carbocycles. The fraction of sp³-hybridized carbons (Fsp3) is 0.682. The standard InChI is InChI=1S/C22H31NO3S2/c1-22(26,12-9-16-4-2-5-16)11-3-6-17-7-8-20(25)19(17)10-13-27-21-23-18(14-24)15-28-21/h3,6,14-17,19,26H,2,4-5,7-13H2,1H3/b6-3+/t17-,19+,22+/m0/s1. The molecule has 28 heavy (non-hydrogen) atoms. The number of Topliss-reactive ketones (excluding diaryl/α,β-unsaturated/α-hetero) is 1. The van der Waals surface area contributed by atoms with E-state index in [1.54, 1.807) is 17.1 Å². The highest BCUT2D eigenvalue weighted by Crippen LogP contribution is 2.36. The number of carbonyl (C=O) groups is 2. The molecule has 2 fully saturated rings. The van der Waals surface area contributed by atoms with Crippen LogP contribution >= 0.6 is 23.1 Å². The Morgan fingerprint density at radius 2 is 2.18 bits per heavy atom. The number of aliphatic hydroxyl groups is 1. The summed E-state index contributed by atoms with van der Waals surface area (Å²) < 4.78 is 0.891. The molecule has 0 unspecified atom stereocenters. The number of ketones is 1. The Morgan fingerprint density at radius 3 is 2.86 bits per heavy atom. The molecule has 2 aliphatic carbocycles. The summed E-state index contributed by atoms with van der Waals surface area (Å²) in [5.74, 6) is 2.39. The smallest absolute Gasteiger partial charge is 0.169 e. The number of aldehydes is 1. The monoisotopic (exact) mass is 421 g/mol. The highest BCUT2D eigenvalue weighted by atomic mass is 32.2. The van der Waals surface area contributed by atoms with Crippen molar-refractivity contribution in [3.63, 3.8) is 0 Å². The van der Waals surface area contributed by atoms with Gasteiger partial charge < -0.3 is 5.11 Å². The number of hydrogen-bond acceptors (Lipinski definition) is 6. The molecule has 1 N–H and O–H groups in total. The van der Waals surface area contributed by atoms with Crippen molar-refractivity contribution in [3.8, 4) is 0 Å². The molecular weight excluding hydrogens is 390 g/mol. The maximum atomic E-state index is 12.3. The molecule has 2 aliphatic rings. The lowest BCUT2D eigenvalue weighted by Gasteiger charge is -2.29.